The third kappa shape index (κ3) is 2.90. The summed E-state index contributed by atoms with van der Waals surface area (Å²) in [6.07, 6.45) is 10.9. The summed E-state index contributed by atoms with van der Waals surface area (Å²) >= 11 is 0. The first kappa shape index (κ1) is 15.6. The van der Waals surface area contributed by atoms with Crippen LogP contribution in [0.4, 0.5) is 5.69 Å². The zero-order valence-corrected chi connectivity index (χ0v) is 14.9. The highest BCUT2D eigenvalue weighted by Gasteiger charge is 2.31. The first-order valence-electron chi connectivity index (χ1n) is 9.24. The molecular weight excluding hydrogens is 296 g/mol. The molecule has 1 aromatic rings. The van der Waals surface area contributed by atoms with Crippen molar-refractivity contribution in [3.63, 3.8) is 0 Å². The Morgan fingerprint density at radius 2 is 2.12 bits per heavy atom. The number of nitrogens with one attached hydrogen (secondary N) is 1. The largest absolute Gasteiger partial charge is 0.385 e. The van der Waals surface area contributed by atoms with Crippen LogP contribution >= 0.6 is 0 Å². The molecule has 0 aromatic carbocycles. The van der Waals surface area contributed by atoms with Gasteiger partial charge in [-0.2, -0.15) is 5.10 Å². The SMILES string of the molecule is C=C(Cn1cc(NC)c(C2=C(C3CC3)CCC(C)=C2)n1)N1CCC1. The Labute approximate surface area is 144 Å². The maximum atomic E-state index is 4.94. The van der Waals surface area contributed by atoms with Crippen molar-refractivity contribution in [2.75, 3.05) is 25.5 Å². The third-order valence-corrected chi connectivity index (χ3v) is 5.53. The van der Waals surface area contributed by atoms with Crippen LogP contribution in [0.25, 0.3) is 5.57 Å². The highest BCUT2D eigenvalue weighted by Crippen LogP contribution is 2.46. The molecule has 0 unspecified atom stereocenters. The number of hydrogen-bond donors (Lipinski definition) is 1. The summed E-state index contributed by atoms with van der Waals surface area (Å²) in [7, 11) is 1.99. The van der Waals surface area contributed by atoms with Crippen LogP contribution in [0, 0.1) is 5.92 Å². The molecule has 0 atom stereocenters. The number of nitrogens with zero attached hydrogens (tertiary/aromatic N) is 3. The van der Waals surface area contributed by atoms with Gasteiger partial charge in [-0.05, 0) is 44.9 Å². The molecule has 1 saturated heterocycles. The van der Waals surface area contributed by atoms with Crippen LogP contribution < -0.4 is 5.32 Å². The molecule has 1 aliphatic heterocycles. The molecule has 0 radical (unpaired) electrons. The van der Waals surface area contributed by atoms with E-state index in [2.05, 4.69) is 40.7 Å². The van der Waals surface area contributed by atoms with Gasteiger partial charge in [0.15, 0.2) is 0 Å². The second-order valence-corrected chi connectivity index (χ2v) is 7.45. The fourth-order valence-corrected chi connectivity index (χ4v) is 3.76. The van der Waals surface area contributed by atoms with Crippen molar-refractivity contribution in [1.29, 1.82) is 0 Å². The molecule has 0 bridgehead atoms. The number of rotatable bonds is 6. The van der Waals surface area contributed by atoms with Crippen molar-refractivity contribution < 1.29 is 0 Å². The maximum Gasteiger partial charge on any atom is 0.115 e. The number of aromatic nitrogens is 2. The Kier molecular flexibility index (Phi) is 3.99. The molecular formula is C20H28N4. The van der Waals surface area contributed by atoms with Crippen LogP contribution in [0.1, 0.15) is 44.7 Å². The Balaban J connectivity index is 1.65. The van der Waals surface area contributed by atoms with E-state index in [1.165, 1.54) is 48.9 Å². The van der Waals surface area contributed by atoms with Crippen LogP contribution in [0.3, 0.4) is 0 Å². The Bertz CT molecular complexity index is 714. The van der Waals surface area contributed by atoms with Gasteiger partial charge in [-0.1, -0.05) is 23.8 Å². The monoisotopic (exact) mass is 324 g/mol. The van der Waals surface area contributed by atoms with Gasteiger partial charge in [-0.15, -0.1) is 0 Å². The first-order valence-corrected chi connectivity index (χ1v) is 9.24. The summed E-state index contributed by atoms with van der Waals surface area (Å²) in [6.45, 7) is 9.55. The van der Waals surface area contributed by atoms with Crippen molar-refractivity contribution in [2.45, 2.75) is 45.6 Å². The third-order valence-electron chi connectivity index (χ3n) is 5.53. The summed E-state index contributed by atoms with van der Waals surface area (Å²) < 4.78 is 2.05. The molecule has 4 heteroatoms. The number of hydrogen-bond acceptors (Lipinski definition) is 3. The Morgan fingerprint density at radius 1 is 1.33 bits per heavy atom. The van der Waals surface area contributed by atoms with E-state index in [-0.39, 0.29) is 0 Å². The lowest BCUT2D eigenvalue weighted by molar-refractivity contribution is 0.226. The molecule has 0 spiro atoms. The van der Waals surface area contributed by atoms with Crippen LogP contribution in [-0.2, 0) is 6.54 Å². The van der Waals surface area contributed by atoms with Gasteiger partial charge in [0, 0.05) is 37.6 Å². The fraction of sp³-hybridized carbons (Fsp3) is 0.550. The van der Waals surface area contributed by atoms with Crippen LogP contribution in [0.15, 0.2) is 35.7 Å². The molecule has 2 heterocycles. The molecule has 4 nitrogen and oxygen atoms in total. The average Bonchev–Trinajstić information content (AvgIpc) is 3.26. The van der Waals surface area contributed by atoms with Crippen molar-refractivity contribution >= 4 is 11.3 Å². The normalized spacial score (nSPS) is 20.8. The van der Waals surface area contributed by atoms with Gasteiger partial charge in [0.2, 0.25) is 0 Å². The molecule has 4 rings (SSSR count). The zero-order chi connectivity index (χ0) is 16.7. The standard InChI is InChI=1S/C20H28N4/c1-14-5-8-17(16-6-7-16)18(11-14)20-19(21-3)13-24(22-20)12-15(2)23-9-4-10-23/h11,13,16,21H,2,4-10,12H2,1,3H3. The van der Waals surface area contributed by atoms with Gasteiger partial charge in [0.25, 0.3) is 0 Å². The molecule has 24 heavy (non-hydrogen) atoms. The summed E-state index contributed by atoms with van der Waals surface area (Å²) in [5.74, 6) is 0.801. The predicted molar refractivity (Wildman–Crippen MR) is 99.7 cm³/mol. The van der Waals surface area contributed by atoms with E-state index >= 15 is 0 Å². The van der Waals surface area contributed by atoms with Gasteiger partial charge in [0.05, 0.1) is 12.2 Å². The van der Waals surface area contributed by atoms with Crippen molar-refractivity contribution in [3.8, 4) is 0 Å². The van der Waals surface area contributed by atoms with Crippen LogP contribution in [0.5, 0.6) is 0 Å². The molecule has 0 amide bonds. The van der Waals surface area contributed by atoms with Crippen LogP contribution in [-0.4, -0.2) is 34.8 Å². The van der Waals surface area contributed by atoms with E-state index in [9.17, 15) is 0 Å². The lowest BCUT2D eigenvalue weighted by atomic mass is 9.88. The zero-order valence-electron chi connectivity index (χ0n) is 14.9. The summed E-state index contributed by atoms with van der Waals surface area (Å²) in [6, 6.07) is 0. The van der Waals surface area contributed by atoms with E-state index in [4.69, 9.17) is 5.10 Å². The van der Waals surface area contributed by atoms with E-state index in [1.807, 2.05) is 7.05 Å². The summed E-state index contributed by atoms with van der Waals surface area (Å²) in [5, 5.41) is 8.29. The fourth-order valence-electron chi connectivity index (χ4n) is 3.76. The maximum absolute atomic E-state index is 4.94. The lowest BCUT2D eigenvalue weighted by Crippen LogP contribution is -2.37. The first-order chi connectivity index (χ1) is 11.7. The molecule has 128 valence electrons. The van der Waals surface area contributed by atoms with Crippen LogP contribution in [0.2, 0.25) is 0 Å². The highest BCUT2D eigenvalue weighted by molar-refractivity contribution is 5.83. The minimum Gasteiger partial charge on any atom is -0.385 e. The van der Waals surface area contributed by atoms with E-state index in [0.29, 0.717) is 0 Å². The minimum atomic E-state index is 0.781. The molecule has 2 aliphatic carbocycles. The molecule has 1 saturated carbocycles. The topological polar surface area (TPSA) is 33.1 Å². The average molecular weight is 324 g/mol. The quantitative estimate of drug-likeness (QED) is 0.857. The second-order valence-electron chi connectivity index (χ2n) is 7.45. The predicted octanol–water partition coefficient (Wildman–Crippen LogP) is 4.05. The molecule has 2 fully saturated rings. The Hall–Kier alpha value is -1.97. The van der Waals surface area contributed by atoms with Gasteiger partial charge in [-0.25, -0.2) is 0 Å². The van der Waals surface area contributed by atoms with Crippen molar-refractivity contribution in [3.05, 3.63) is 41.4 Å². The van der Waals surface area contributed by atoms with Gasteiger partial charge < -0.3 is 10.2 Å². The van der Waals surface area contributed by atoms with Crippen molar-refractivity contribution in [1.82, 2.24) is 14.7 Å². The molecule has 1 N–H and O–H groups in total. The Morgan fingerprint density at radius 3 is 2.75 bits per heavy atom. The van der Waals surface area contributed by atoms with Gasteiger partial charge in [-0.3, -0.25) is 4.68 Å². The van der Waals surface area contributed by atoms with E-state index < -0.39 is 0 Å². The van der Waals surface area contributed by atoms with E-state index in [0.717, 1.165) is 36.9 Å². The summed E-state index contributed by atoms with van der Waals surface area (Å²) in [5.41, 5.74) is 7.89. The smallest absolute Gasteiger partial charge is 0.115 e. The molecule has 1 aromatic heterocycles. The number of anilines is 1. The number of allylic oxidation sites excluding steroid dienone is 5. The minimum absolute atomic E-state index is 0.781. The van der Waals surface area contributed by atoms with Gasteiger partial charge >= 0.3 is 0 Å². The van der Waals surface area contributed by atoms with E-state index in [1.54, 1.807) is 5.57 Å². The lowest BCUT2D eigenvalue weighted by Gasteiger charge is -2.34. The summed E-state index contributed by atoms with van der Waals surface area (Å²) in [4.78, 5) is 2.35. The highest BCUT2D eigenvalue weighted by atomic mass is 15.3. The second kappa shape index (κ2) is 6.15. The van der Waals surface area contributed by atoms with Crippen molar-refractivity contribution in [2.24, 2.45) is 5.92 Å². The molecule has 3 aliphatic rings. The van der Waals surface area contributed by atoms with Gasteiger partial charge in [0.1, 0.15) is 5.69 Å². The number of likely N-dealkylation sites (tertiary alicyclic amines) is 1.